The number of benzene rings is 1. The van der Waals surface area contributed by atoms with Gasteiger partial charge in [0.1, 0.15) is 28.7 Å². The molecule has 3 heterocycles. The van der Waals surface area contributed by atoms with Gasteiger partial charge in [-0.05, 0) is 13.0 Å². The molecule has 8 nitrogen and oxygen atoms in total. The summed E-state index contributed by atoms with van der Waals surface area (Å²) in [6.07, 6.45) is -2.49. The number of carbonyl (C=O) groups is 1. The van der Waals surface area contributed by atoms with Crippen molar-refractivity contribution in [1.29, 1.82) is 0 Å². The summed E-state index contributed by atoms with van der Waals surface area (Å²) in [5.41, 5.74) is -1.16. The van der Waals surface area contributed by atoms with Crippen LogP contribution in [0.4, 0.5) is 19.0 Å². The molecule has 1 saturated heterocycles. The number of methoxy groups -OCH3 is 1. The summed E-state index contributed by atoms with van der Waals surface area (Å²) in [7, 11) is 4.77. The monoisotopic (exact) mass is 503 g/mol. The summed E-state index contributed by atoms with van der Waals surface area (Å²) < 4.78 is 48.4. The largest absolute Gasteiger partial charge is 0.371 e. The molecule has 0 aliphatic carbocycles. The van der Waals surface area contributed by atoms with Crippen molar-refractivity contribution in [1.82, 2.24) is 19.4 Å². The van der Waals surface area contributed by atoms with Gasteiger partial charge < -0.3 is 14.5 Å². The number of pyridine rings is 1. The molecule has 3 aromatic rings. The third kappa shape index (κ3) is 4.32. The first-order valence-electron chi connectivity index (χ1n) is 11.4. The molecule has 4 rings (SSSR count). The van der Waals surface area contributed by atoms with Gasteiger partial charge in [0.15, 0.2) is 0 Å². The molecular weight excluding hydrogens is 475 g/mol. The second kappa shape index (κ2) is 9.53. The van der Waals surface area contributed by atoms with Crippen molar-refractivity contribution >= 4 is 22.8 Å². The van der Waals surface area contributed by atoms with E-state index in [4.69, 9.17) is 4.74 Å². The number of aromatic nitrogens is 3. The Morgan fingerprint density at radius 2 is 2.03 bits per heavy atom. The molecule has 0 saturated carbocycles. The normalized spacial score (nSPS) is 17.9. The molecule has 1 aliphatic rings. The Morgan fingerprint density at radius 1 is 1.31 bits per heavy atom. The number of hydrogen-bond donors (Lipinski definition) is 0. The van der Waals surface area contributed by atoms with E-state index in [1.807, 2.05) is 0 Å². The zero-order valence-corrected chi connectivity index (χ0v) is 20.8. The highest BCUT2D eigenvalue weighted by molar-refractivity contribution is 5.88. The van der Waals surface area contributed by atoms with Gasteiger partial charge in [0, 0.05) is 53.2 Å². The summed E-state index contributed by atoms with van der Waals surface area (Å²) in [6.45, 7) is 3.77. The first kappa shape index (κ1) is 25.6. The SMILES string of the molecule is COC1(c2cc3c(N(C)Cc4cccc(C(F)F)c4F)nc(C)nc3n(C)c2=O)CCN(C(C)=O)C1. The van der Waals surface area contributed by atoms with E-state index in [0.717, 1.165) is 6.07 Å². The second-order valence-electron chi connectivity index (χ2n) is 9.12. The first-order chi connectivity index (χ1) is 17.0. The van der Waals surface area contributed by atoms with Gasteiger partial charge in [-0.15, -0.1) is 0 Å². The Morgan fingerprint density at radius 3 is 2.64 bits per heavy atom. The van der Waals surface area contributed by atoms with Crippen LogP contribution in [-0.2, 0) is 28.7 Å². The topological polar surface area (TPSA) is 80.6 Å². The molecule has 0 spiro atoms. The fourth-order valence-electron chi connectivity index (χ4n) is 4.80. The number of likely N-dealkylation sites (tertiary alicyclic amines) is 1. The van der Waals surface area contributed by atoms with Crippen molar-refractivity contribution < 1.29 is 22.7 Å². The maximum Gasteiger partial charge on any atom is 0.266 e. The number of fused-ring (bicyclic) bond motifs is 1. The number of carbonyl (C=O) groups excluding carboxylic acids is 1. The Bertz CT molecular complexity index is 1390. The van der Waals surface area contributed by atoms with Crippen LogP contribution in [-0.4, -0.2) is 52.6 Å². The van der Waals surface area contributed by atoms with Crippen molar-refractivity contribution in [3.8, 4) is 0 Å². The van der Waals surface area contributed by atoms with Crippen LogP contribution >= 0.6 is 0 Å². The Hall–Kier alpha value is -3.47. The fourth-order valence-corrected chi connectivity index (χ4v) is 4.80. The minimum absolute atomic E-state index is 0.0380. The predicted octanol–water partition coefficient (Wildman–Crippen LogP) is 3.44. The number of anilines is 1. The molecule has 192 valence electrons. The number of ether oxygens (including phenoxy) is 1. The minimum atomic E-state index is -2.93. The summed E-state index contributed by atoms with van der Waals surface area (Å²) in [5.74, 6) is -0.280. The molecule has 11 heteroatoms. The molecule has 2 aromatic heterocycles. The number of aryl methyl sites for hydroxylation is 2. The maximum atomic E-state index is 14.7. The fraction of sp³-hybridized carbons (Fsp3) is 0.440. The number of alkyl halides is 2. The summed E-state index contributed by atoms with van der Waals surface area (Å²) >= 11 is 0. The van der Waals surface area contributed by atoms with Crippen LogP contribution in [0.2, 0.25) is 0 Å². The average molecular weight is 504 g/mol. The Labute approximate surface area is 206 Å². The van der Waals surface area contributed by atoms with Gasteiger partial charge in [0.05, 0.1) is 23.1 Å². The number of amides is 1. The molecule has 1 unspecified atom stereocenters. The maximum absolute atomic E-state index is 14.7. The van der Waals surface area contributed by atoms with E-state index >= 15 is 0 Å². The van der Waals surface area contributed by atoms with E-state index in [2.05, 4.69) is 9.97 Å². The van der Waals surface area contributed by atoms with Crippen LogP contribution in [0.1, 0.15) is 42.3 Å². The van der Waals surface area contributed by atoms with Crippen LogP contribution in [0.5, 0.6) is 0 Å². The molecule has 1 fully saturated rings. The predicted molar refractivity (Wildman–Crippen MR) is 129 cm³/mol. The molecule has 1 aromatic carbocycles. The van der Waals surface area contributed by atoms with Crippen LogP contribution < -0.4 is 10.5 Å². The highest BCUT2D eigenvalue weighted by Crippen LogP contribution is 2.36. The van der Waals surface area contributed by atoms with E-state index in [1.165, 1.54) is 30.7 Å². The summed E-state index contributed by atoms with van der Waals surface area (Å²) in [6, 6.07) is 5.57. The third-order valence-corrected chi connectivity index (χ3v) is 6.83. The van der Waals surface area contributed by atoms with Gasteiger partial charge in [0.2, 0.25) is 5.91 Å². The van der Waals surface area contributed by atoms with Crippen molar-refractivity contribution in [2.24, 2.45) is 7.05 Å². The van der Waals surface area contributed by atoms with Gasteiger partial charge in [-0.3, -0.25) is 14.2 Å². The van der Waals surface area contributed by atoms with Crippen LogP contribution in [0.25, 0.3) is 11.0 Å². The lowest BCUT2D eigenvalue weighted by Gasteiger charge is -2.29. The number of nitrogens with zero attached hydrogens (tertiary/aromatic N) is 5. The van der Waals surface area contributed by atoms with Gasteiger partial charge >= 0.3 is 0 Å². The number of halogens is 3. The molecular formula is C25H28F3N5O3. The van der Waals surface area contributed by atoms with Crippen LogP contribution in [0, 0.1) is 12.7 Å². The molecule has 0 radical (unpaired) electrons. The van der Waals surface area contributed by atoms with E-state index in [0.29, 0.717) is 41.2 Å². The average Bonchev–Trinajstić information content (AvgIpc) is 3.28. The van der Waals surface area contributed by atoms with E-state index in [9.17, 15) is 22.8 Å². The van der Waals surface area contributed by atoms with Crippen molar-refractivity contribution in [3.05, 3.63) is 63.0 Å². The first-order valence-corrected chi connectivity index (χ1v) is 11.4. The zero-order valence-electron chi connectivity index (χ0n) is 20.8. The van der Waals surface area contributed by atoms with Gasteiger partial charge in [-0.1, -0.05) is 18.2 Å². The molecule has 1 atom stereocenters. The van der Waals surface area contributed by atoms with Crippen LogP contribution in [0.3, 0.4) is 0 Å². The highest BCUT2D eigenvalue weighted by Gasteiger charge is 2.43. The second-order valence-corrected chi connectivity index (χ2v) is 9.12. The van der Waals surface area contributed by atoms with Crippen LogP contribution in [0.15, 0.2) is 29.1 Å². The number of hydrogen-bond acceptors (Lipinski definition) is 6. The lowest BCUT2D eigenvalue weighted by atomic mass is 9.92. The Kier molecular flexibility index (Phi) is 6.78. The zero-order chi connectivity index (χ0) is 26.4. The Balaban J connectivity index is 1.85. The van der Waals surface area contributed by atoms with Crippen molar-refractivity contribution in [2.45, 2.75) is 38.8 Å². The van der Waals surface area contributed by atoms with Crippen molar-refractivity contribution in [3.63, 3.8) is 0 Å². The smallest absolute Gasteiger partial charge is 0.266 e. The molecule has 1 aliphatic heterocycles. The van der Waals surface area contributed by atoms with E-state index in [1.54, 1.807) is 36.9 Å². The van der Waals surface area contributed by atoms with Gasteiger partial charge in [0.25, 0.3) is 12.0 Å². The lowest BCUT2D eigenvalue weighted by molar-refractivity contribution is -0.129. The molecule has 0 bridgehead atoms. The molecule has 36 heavy (non-hydrogen) atoms. The third-order valence-electron chi connectivity index (χ3n) is 6.83. The van der Waals surface area contributed by atoms with Gasteiger partial charge in [-0.2, -0.15) is 0 Å². The lowest BCUT2D eigenvalue weighted by Crippen LogP contribution is -2.40. The van der Waals surface area contributed by atoms with E-state index < -0.39 is 23.4 Å². The molecule has 1 amide bonds. The van der Waals surface area contributed by atoms with Crippen molar-refractivity contribution in [2.75, 3.05) is 32.1 Å². The standard InChI is InChI=1S/C25H28F3N5O3/c1-14-29-22(31(3)12-16-7-6-8-17(20(16)26)21(27)28)18-11-19(24(35)32(4)23(18)30-14)25(36-5)9-10-33(13-25)15(2)34/h6-8,11,21H,9-10,12-13H2,1-5H3. The summed E-state index contributed by atoms with van der Waals surface area (Å²) in [4.78, 5) is 37.6. The minimum Gasteiger partial charge on any atom is -0.371 e. The highest BCUT2D eigenvalue weighted by atomic mass is 19.3. The quantitative estimate of drug-likeness (QED) is 0.513. The summed E-state index contributed by atoms with van der Waals surface area (Å²) in [5, 5.41) is 0.517. The van der Waals surface area contributed by atoms with Gasteiger partial charge in [-0.25, -0.2) is 23.1 Å². The van der Waals surface area contributed by atoms with E-state index in [-0.39, 0.29) is 30.1 Å². The number of rotatable bonds is 6. The molecule has 0 N–H and O–H groups in total.